The van der Waals surface area contributed by atoms with Crippen molar-refractivity contribution < 1.29 is 9.53 Å². The van der Waals surface area contributed by atoms with Gasteiger partial charge in [0.05, 0.1) is 12.7 Å². The zero-order chi connectivity index (χ0) is 12.8. The van der Waals surface area contributed by atoms with E-state index >= 15 is 0 Å². The molecule has 0 fully saturated rings. The molecule has 0 bridgehead atoms. The number of unbranched alkanes of at least 4 members (excludes halogenated alkanes) is 1. The molecule has 0 aliphatic rings. The fourth-order valence-corrected chi connectivity index (χ4v) is 2.00. The van der Waals surface area contributed by atoms with E-state index in [1.165, 1.54) is 0 Å². The van der Waals surface area contributed by atoms with Crippen LogP contribution in [0.15, 0.2) is 12.1 Å². The maximum atomic E-state index is 12.1. The number of hydrogen-bond acceptors (Lipinski definition) is 3. The van der Waals surface area contributed by atoms with Crippen molar-refractivity contribution in [3.8, 4) is 5.75 Å². The van der Waals surface area contributed by atoms with Gasteiger partial charge in [-0.1, -0.05) is 6.07 Å². The fraction of sp³-hybridized carbons (Fsp3) is 0.500. The molecule has 1 rings (SSSR count). The van der Waals surface area contributed by atoms with E-state index in [-0.39, 0.29) is 5.78 Å². The van der Waals surface area contributed by atoms with Crippen LogP contribution in [0.1, 0.15) is 40.7 Å². The summed E-state index contributed by atoms with van der Waals surface area (Å²) in [5, 5.41) is 0. The molecule has 0 aliphatic carbocycles. The van der Waals surface area contributed by atoms with Crippen molar-refractivity contribution in [2.75, 3.05) is 13.7 Å². The summed E-state index contributed by atoms with van der Waals surface area (Å²) in [6.07, 6.45) is 2.27. The average Bonchev–Trinajstić information content (AvgIpc) is 2.27. The minimum absolute atomic E-state index is 0.146. The molecule has 0 radical (unpaired) electrons. The van der Waals surface area contributed by atoms with Crippen LogP contribution in [-0.2, 0) is 0 Å². The molecule has 1 aromatic carbocycles. The van der Waals surface area contributed by atoms with E-state index in [1.807, 2.05) is 26.0 Å². The van der Waals surface area contributed by atoms with Crippen LogP contribution in [-0.4, -0.2) is 19.4 Å². The highest BCUT2D eigenvalue weighted by Gasteiger charge is 2.15. The third kappa shape index (κ3) is 3.56. The lowest BCUT2D eigenvalue weighted by molar-refractivity contribution is 0.0976. The summed E-state index contributed by atoms with van der Waals surface area (Å²) in [4.78, 5) is 12.1. The van der Waals surface area contributed by atoms with Gasteiger partial charge in [0.1, 0.15) is 5.75 Å². The second kappa shape index (κ2) is 6.40. The number of hydrogen-bond donors (Lipinski definition) is 1. The Balaban J connectivity index is 2.92. The normalized spacial score (nSPS) is 10.4. The highest BCUT2D eigenvalue weighted by Crippen LogP contribution is 2.26. The second-order valence-corrected chi connectivity index (χ2v) is 4.33. The van der Waals surface area contributed by atoms with Gasteiger partial charge in [0.15, 0.2) is 5.78 Å². The molecule has 0 aliphatic heterocycles. The van der Waals surface area contributed by atoms with Crippen molar-refractivity contribution in [1.29, 1.82) is 0 Å². The number of ether oxygens (including phenoxy) is 1. The number of nitrogens with two attached hydrogens (primary N) is 1. The molecule has 0 heterocycles. The van der Waals surface area contributed by atoms with Crippen LogP contribution >= 0.6 is 0 Å². The Bertz CT molecular complexity index is 399. The summed E-state index contributed by atoms with van der Waals surface area (Å²) < 4.78 is 5.29. The predicted molar refractivity (Wildman–Crippen MR) is 69.7 cm³/mol. The molecule has 0 saturated heterocycles. The fourth-order valence-electron chi connectivity index (χ4n) is 2.00. The SMILES string of the molecule is COc1cc(C)cc(C)c1C(=O)CCCCN. The summed E-state index contributed by atoms with van der Waals surface area (Å²) in [5.41, 5.74) is 8.24. The number of aryl methyl sites for hydroxylation is 2. The Labute approximate surface area is 103 Å². The molecule has 0 spiro atoms. The first-order valence-corrected chi connectivity index (χ1v) is 5.98. The van der Waals surface area contributed by atoms with Gasteiger partial charge in [0, 0.05) is 6.42 Å². The first-order chi connectivity index (χ1) is 8.10. The lowest BCUT2D eigenvalue weighted by atomic mass is 9.98. The number of carbonyl (C=O) groups excluding carboxylic acids is 1. The molecular weight excluding hydrogens is 214 g/mol. The number of ketones is 1. The second-order valence-electron chi connectivity index (χ2n) is 4.33. The maximum Gasteiger partial charge on any atom is 0.166 e. The first-order valence-electron chi connectivity index (χ1n) is 5.98. The van der Waals surface area contributed by atoms with Crippen LogP contribution in [0.3, 0.4) is 0 Å². The van der Waals surface area contributed by atoms with Crippen LogP contribution in [0.4, 0.5) is 0 Å². The molecule has 0 saturated carbocycles. The van der Waals surface area contributed by atoms with E-state index < -0.39 is 0 Å². The van der Waals surface area contributed by atoms with E-state index in [0.29, 0.717) is 18.7 Å². The minimum Gasteiger partial charge on any atom is -0.496 e. The largest absolute Gasteiger partial charge is 0.496 e. The molecule has 0 amide bonds. The predicted octanol–water partition coefficient (Wildman–Crippen LogP) is 2.62. The van der Waals surface area contributed by atoms with Crippen molar-refractivity contribution in [1.82, 2.24) is 0 Å². The van der Waals surface area contributed by atoms with Gasteiger partial charge in [-0.2, -0.15) is 0 Å². The van der Waals surface area contributed by atoms with E-state index in [9.17, 15) is 4.79 Å². The van der Waals surface area contributed by atoms with Crippen molar-refractivity contribution in [3.05, 3.63) is 28.8 Å². The van der Waals surface area contributed by atoms with E-state index in [0.717, 1.165) is 29.5 Å². The Morgan fingerprint density at radius 2 is 2.00 bits per heavy atom. The first kappa shape index (κ1) is 13.7. The zero-order valence-electron chi connectivity index (χ0n) is 10.9. The van der Waals surface area contributed by atoms with Crippen LogP contribution < -0.4 is 10.5 Å². The van der Waals surface area contributed by atoms with E-state index in [4.69, 9.17) is 10.5 Å². The number of Topliss-reactive ketones (excluding diaryl/α,β-unsaturated/α-hetero) is 1. The van der Waals surface area contributed by atoms with Crippen LogP contribution in [0.2, 0.25) is 0 Å². The topological polar surface area (TPSA) is 52.3 Å². The van der Waals surface area contributed by atoms with Crippen LogP contribution in [0, 0.1) is 13.8 Å². The molecular formula is C14H21NO2. The van der Waals surface area contributed by atoms with Crippen molar-refractivity contribution >= 4 is 5.78 Å². The monoisotopic (exact) mass is 235 g/mol. The maximum absolute atomic E-state index is 12.1. The summed E-state index contributed by atoms with van der Waals surface area (Å²) in [7, 11) is 1.60. The lowest BCUT2D eigenvalue weighted by Crippen LogP contribution is -2.07. The highest BCUT2D eigenvalue weighted by atomic mass is 16.5. The van der Waals surface area contributed by atoms with Crippen LogP contribution in [0.25, 0.3) is 0 Å². The molecule has 94 valence electrons. The number of methoxy groups -OCH3 is 1. The summed E-state index contributed by atoms with van der Waals surface area (Å²) >= 11 is 0. The van der Waals surface area contributed by atoms with Gasteiger partial charge in [-0.05, 0) is 50.4 Å². The van der Waals surface area contributed by atoms with Gasteiger partial charge in [-0.15, -0.1) is 0 Å². The Hall–Kier alpha value is -1.35. The Kier molecular flexibility index (Phi) is 5.16. The van der Waals surface area contributed by atoms with Gasteiger partial charge in [0.25, 0.3) is 0 Å². The number of rotatable bonds is 6. The molecule has 3 nitrogen and oxygen atoms in total. The molecule has 2 N–H and O–H groups in total. The van der Waals surface area contributed by atoms with Crippen molar-refractivity contribution in [2.45, 2.75) is 33.1 Å². The molecule has 0 atom stereocenters. The van der Waals surface area contributed by atoms with E-state index in [1.54, 1.807) is 7.11 Å². The highest BCUT2D eigenvalue weighted by molar-refractivity contribution is 6.00. The Morgan fingerprint density at radius 3 is 2.59 bits per heavy atom. The third-order valence-electron chi connectivity index (χ3n) is 2.80. The number of carbonyl (C=O) groups is 1. The molecule has 1 aromatic rings. The molecule has 3 heteroatoms. The Morgan fingerprint density at radius 1 is 1.29 bits per heavy atom. The van der Waals surface area contributed by atoms with Crippen molar-refractivity contribution in [3.63, 3.8) is 0 Å². The molecule has 17 heavy (non-hydrogen) atoms. The van der Waals surface area contributed by atoms with E-state index in [2.05, 4.69) is 0 Å². The molecule has 0 aromatic heterocycles. The van der Waals surface area contributed by atoms with Gasteiger partial charge < -0.3 is 10.5 Å². The summed E-state index contributed by atoms with van der Waals surface area (Å²) in [5.74, 6) is 0.827. The summed E-state index contributed by atoms with van der Waals surface area (Å²) in [6, 6.07) is 3.92. The standard InChI is InChI=1S/C14H21NO2/c1-10-8-11(2)14(13(9-10)17-3)12(16)6-4-5-7-15/h8-9H,4-7,15H2,1-3H3. The molecule has 0 unspecified atom stereocenters. The van der Waals surface area contributed by atoms with Crippen LogP contribution in [0.5, 0.6) is 5.75 Å². The quantitative estimate of drug-likeness (QED) is 0.609. The van der Waals surface area contributed by atoms with Gasteiger partial charge >= 0.3 is 0 Å². The third-order valence-corrected chi connectivity index (χ3v) is 2.80. The minimum atomic E-state index is 0.146. The van der Waals surface area contributed by atoms with Gasteiger partial charge in [-0.25, -0.2) is 0 Å². The smallest absolute Gasteiger partial charge is 0.166 e. The van der Waals surface area contributed by atoms with Crippen molar-refractivity contribution in [2.24, 2.45) is 5.73 Å². The average molecular weight is 235 g/mol. The van der Waals surface area contributed by atoms with Gasteiger partial charge in [-0.3, -0.25) is 4.79 Å². The number of benzene rings is 1. The summed E-state index contributed by atoms with van der Waals surface area (Å²) in [6.45, 7) is 4.58. The lowest BCUT2D eigenvalue weighted by Gasteiger charge is -2.12. The zero-order valence-corrected chi connectivity index (χ0v) is 10.9. The van der Waals surface area contributed by atoms with Gasteiger partial charge in [0.2, 0.25) is 0 Å².